The molecule has 0 spiro atoms. The summed E-state index contributed by atoms with van der Waals surface area (Å²) < 4.78 is 4.62. The van der Waals surface area contributed by atoms with Gasteiger partial charge in [0.1, 0.15) is 0 Å². The molecule has 0 unspecified atom stereocenters. The fourth-order valence-electron chi connectivity index (χ4n) is 1.86. The van der Waals surface area contributed by atoms with E-state index in [9.17, 15) is 9.59 Å². The summed E-state index contributed by atoms with van der Waals surface area (Å²) in [7, 11) is 1.33. The standard InChI is InChI=1S/C16H14O3/c1-11-5-3-4-6-14(11)15(17)12-7-9-13(10-8-12)16(18)19-2/h3-10H,1-2H3. The van der Waals surface area contributed by atoms with Crippen molar-refractivity contribution in [3.05, 3.63) is 70.8 Å². The number of benzene rings is 2. The average molecular weight is 254 g/mol. The predicted octanol–water partition coefficient (Wildman–Crippen LogP) is 3.01. The van der Waals surface area contributed by atoms with Gasteiger partial charge in [-0.15, -0.1) is 0 Å². The van der Waals surface area contributed by atoms with Gasteiger partial charge in [0.05, 0.1) is 12.7 Å². The van der Waals surface area contributed by atoms with Gasteiger partial charge < -0.3 is 4.74 Å². The third-order valence-electron chi connectivity index (χ3n) is 2.96. The Morgan fingerprint density at radius 3 is 2.05 bits per heavy atom. The number of rotatable bonds is 3. The van der Waals surface area contributed by atoms with E-state index < -0.39 is 5.97 Å². The highest BCUT2D eigenvalue weighted by Gasteiger charge is 2.12. The second kappa shape index (κ2) is 5.48. The third-order valence-corrected chi connectivity index (χ3v) is 2.96. The molecular weight excluding hydrogens is 240 g/mol. The molecule has 0 fully saturated rings. The van der Waals surface area contributed by atoms with E-state index in [1.165, 1.54) is 7.11 Å². The Morgan fingerprint density at radius 2 is 1.47 bits per heavy atom. The number of hydrogen-bond donors (Lipinski definition) is 0. The Bertz CT molecular complexity index is 612. The SMILES string of the molecule is COC(=O)c1ccc(C(=O)c2ccccc2C)cc1. The highest BCUT2D eigenvalue weighted by molar-refractivity contribution is 6.10. The highest BCUT2D eigenvalue weighted by atomic mass is 16.5. The maximum Gasteiger partial charge on any atom is 0.337 e. The quantitative estimate of drug-likeness (QED) is 0.624. The predicted molar refractivity (Wildman–Crippen MR) is 72.4 cm³/mol. The normalized spacial score (nSPS) is 10.0. The van der Waals surface area contributed by atoms with Crippen molar-refractivity contribution in [2.24, 2.45) is 0 Å². The molecule has 0 aliphatic carbocycles. The van der Waals surface area contributed by atoms with Gasteiger partial charge in [0.25, 0.3) is 0 Å². The summed E-state index contributed by atoms with van der Waals surface area (Å²) in [6.07, 6.45) is 0. The van der Waals surface area contributed by atoms with Gasteiger partial charge in [-0.1, -0.05) is 36.4 Å². The highest BCUT2D eigenvalue weighted by Crippen LogP contribution is 2.14. The molecule has 0 N–H and O–H groups in total. The largest absolute Gasteiger partial charge is 0.465 e. The second-order valence-electron chi connectivity index (χ2n) is 4.21. The van der Waals surface area contributed by atoms with Gasteiger partial charge in [0.15, 0.2) is 5.78 Å². The zero-order valence-electron chi connectivity index (χ0n) is 10.8. The van der Waals surface area contributed by atoms with E-state index in [4.69, 9.17) is 0 Å². The lowest BCUT2D eigenvalue weighted by molar-refractivity contribution is 0.0600. The molecule has 0 heterocycles. The van der Waals surface area contributed by atoms with Crippen molar-refractivity contribution >= 4 is 11.8 Å². The van der Waals surface area contributed by atoms with E-state index in [0.29, 0.717) is 16.7 Å². The summed E-state index contributed by atoms with van der Waals surface area (Å²) in [5.41, 5.74) is 2.60. The summed E-state index contributed by atoms with van der Waals surface area (Å²) in [6.45, 7) is 1.90. The molecule has 2 aromatic rings. The summed E-state index contributed by atoms with van der Waals surface area (Å²) in [5.74, 6) is -0.454. The zero-order chi connectivity index (χ0) is 13.8. The molecule has 3 nitrogen and oxygen atoms in total. The molecule has 2 aromatic carbocycles. The van der Waals surface area contributed by atoms with Crippen LogP contribution >= 0.6 is 0 Å². The number of esters is 1. The van der Waals surface area contributed by atoms with Crippen LogP contribution in [0.2, 0.25) is 0 Å². The first kappa shape index (κ1) is 13.0. The summed E-state index contributed by atoms with van der Waals surface area (Å²) in [6, 6.07) is 13.9. The van der Waals surface area contributed by atoms with Crippen molar-refractivity contribution in [1.82, 2.24) is 0 Å². The van der Waals surface area contributed by atoms with Crippen molar-refractivity contribution in [1.29, 1.82) is 0 Å². The molecule has 0 amide bonds. The summed E-state index contributed by atoms with van der Waals surface area (Å²) >= 11 is 0. The molecule has 0 atom stereocenters. The second-order valence-corrected chi connectivity index (χ2v) is 4.21. The van der Waals surface area contributed by atoms with Gasteiger partial charge in [-0.2, -0.15) is 0 Å². The van der Waals surface area contributed by atoms with E-state index in [0.717, 1.165) is 5.56 Å². The fraction of sp³-hybridized carbons (Fsp3) is 0.125. The van der Waals surface area contributed by atoms with Gasteiger partial charge in [-0.05, 0) is 24.6 Å². The minimum absolute atomic E-state index is 0.0467. The van der Waals surface area contributed by atoms with E-state index >= 15 is 0 Å². The van der Waals surface area contributed by atoms with E-state index in [-0.39, 0.29) is 5.78 Å². The molecule has 96 valence electrons. The topological polar surface area (TPSA) is 43.4 Å². The first-order chi connectivity index (χ1) is 9.13. The molecule has 0 saturated heterocycles. The average Bonchev–Trinajstić information content (AvgIpc) is 2.46. The van der Waals surface area contributed by atoms with E-state index in [1.54, 1.807) is 30.3 Å². The number of ketones is 1. The lowest BCUT2D eigenvalue weighted by atomic mass is 9.98. The number of carbonyl (C=O) groups excluding carboxylic acids is 2. The molecule has 0 aromatic heterocycles. The van der Waals surface area contributed by atoms with Crippen LogP contribution in [0.3, 0.4) is 0 Å². The van der Waals surface area contributed by atoms with Gasteiger partial charge in [0.2, 0.25) is 0 Å². The fourth-order valence-corrected chi connectivity index (χ4v) is 1.86. The van der Waals surface area contributed by atoms with Crippen LogP contribution in [0.15, 0.2) is 48.5 Å². The summed E-state index contributed by atoms with van der Waals surface area (Å²) in [5, 5.41) is 0. The molecule has 0 saturated carbocycles. The molecule has 0 bridgehead atoms. The number of hydrogen-bond acceptors (Lipinski definition) is 3. The third kappa shape index (κ3) is 2.71. The number of carbonyl (C=O) groups is 2. The lowest BCUT2D eigenvalue weighted by Gasteiger charge is -2.05. The zero-order valence-corrected chi connectivity index (χ0v) is 10.8. The Morgan fingerprint density at radius 1 is 0.895 bits per heavy atom. The van der Waals surface area contributed by atoms with Gasteiger partial charge in [-0.25, -0.2) is 4.79 Å². The van der Waals surface area contributed by atoms with Gasteiger partial charge >= 0.3 is 5.97 Å². The van der Waals surface area contributed by atoms with Crippen LogP contribution in [-0.2, 0) is 4.74 Å². The maximum absolute atomic E-state index is 12.3. The number of methoxy groups -OCH3 is 1. The molecule has 0 radical (unpaired) electrons. The Balaban J connectivity index is 2.31. The Labute approximate surface area is 111 Å². The molecule has 3 heteroatoms. The minimum atomic E-state index is -0.408. The maximum atomic E-state index is 12.3. The van der Waals surface area contributed by atoms with Crippen LogP contribution in [0.25, 0.3) is 0 Å². The number of ether oxygens (including phenoxy) is 1. The van der Waals surface area contributed by atoms with Crippen LogP contribution in [-0.4, -0.2) is 18.9 Å². The first-order valence-electron chi connectivity index (χ1n) is 5.92. The molecule has 19 heavy (non-hydrogen) atoms. The summed E-state index contributed by atoms with van der Waals surface area (Å²) in [4.78, 5) is 23.6. The van der Waals surface area contributed by atoms with Crippen molar-refractivity contribution in [3.8, 4) is 0 Å². The minimum Gasteiger partial charge on any atom is -0.465 e. The van der Waals surface area contributed by atoms with Crippen LogP contribution in [0.1, 0.15) is 31.8 Å². The number of aryl methyl sites for hydroxylation is 1. The van der Waals surface area contributed by atoms with Crippen molar-refractivity contribution in [3.63, 3.8) is 0 Å². The van der Waals surface area contributed by atoms with Gasteiger partial charge in [-0.3, -0.25) is 4.79 Å². The van der Waals surface area contributed by atoms with Crippen molar-refractivity contribution in [2.45, 2.75) is 6.92 Å². The van der Waals surface area contributed by atoms with Crippen LogP contribution < -0.4 is 0 Å². The van der Waals surface area contributed by atoms with Crippen LogP contribution in [0.4, 0.5) is 0 Å². The lowest BCUT2D eigenvalue weighted by Crippen LogP contribution is -2.05. The van der Waals surface area contributed by atoms with Crippen molar-refractivity contribution in [2.75, 3.05) is 7.11 Å². The Hall–Kier alpha value is -2.42. The molecule has 0 aliphatic rings. The molecular formula is C16H14O3. The van der Waals surface area contributed by atoms with Crippen LogP contribution in [0.5, 0.6) is 0 Å². The monoisotopic (exact) mass is 254 g/mol. The molecule has 2 rings (SSSR count). The smallest absolute Gasteiger partial charge is 0.337 e. The van der Waals surface area contributed by atoms with E-state index in [1.807, 2.05) is 25.1 Å². The van der Waals surface area contributed by atoms with Crippen molar-refractivity contribution < 1.29 is 14.3 Å². The van der Waals surface area contributed by atoms with E-state index in [2.05, 4.69) is 4.74 Å². The Kier molecular flexibility index (Phi) is 3.76. The molecule has 0 aliphatic heterocycles. The van der Waals surface area contributed by atoms with Crippen LogP contribution in [0, 0.1) is 6.92 Å². The van der Waals surface area contributed by atoms with Gasteiger partial charge in [0, 0.05) is 11.1 Å². The first-order valence-corrected chi connectivity index (χ1v) is 5.92.